The van der Waals surface area contributed by atoms with Crippen LogP contribution in [0.1, 0.15) is 10.4 Å². The number of rotatable bonds is 4. The van der Waals surface area contributed by atoms with Gasteiger partial charge >= 0.3 is 6.01 Å². The molecule has 0 aliphatic carbocycles. The van der Waals surface area contributed by atoms with Crippen molar-refractivity contribution in [3.05, 3.63) is 68.2 Å². The molecule has 0 unspecified atom stereocenters. The molecule has 8 nitrogen and oxygen atoms in total. The molecule has 3 aromatic rings. The Bertz CT molecular complexity index is 956. The monoisotopic (exact) mass is 378 g/mol. The predicted octanol–water partition coefficient (Wildman–Crippen LogP) is 4.20. The van der Waals surface area contributed by atoms with Crippen LogP contribution < -0.4 is 5.32 Å². The van der Waals surface area contributed by atoms with Crippen LogP contribution in [-0.2, 0) is 0 Å². The average Bonchev–Trinajstić information content (AvgIpc) is 3.03. The Morgan fingerprint density at radius 2 is 1.76 bits per heavy atom. The zero-order chi connectivity index (χ0) is 18.0. The molecular formula is C15H8Cl2N4O4. The minimum absolute atomic E-state index is 0.160. The highest BCUT2D eigenvalue weighted by Gasteiger charge is 2.22. The summed E-state index contributed by atoms with van der Waals surface area (Å²) >= 11 is 11.6. The van der Waals surface area contributed by atoms with Crippen molar-refractivity contribution in [2.75, 3.05) is 5.32 Å². The molecule has 1 heterocycles. The lowest BCUT2D eigenvalue weighted by molar-refractivity contribution is -0.385. The highest BCUT2D eigenvalue weighted by atomic mass is 35.5. The predicted molar refractivity (Wildman–Crippen MR) is 90.8 cm³/mol. The lowest BCUT2D eigenvalue weighted by Gasteiger charge is -2.02. The largest absolute Gasteiger partial charge is 0.403 e. The molecule has 0 aliphatic heterocycles. The van der Waals surface area contributed by atoms with Crippen LogP contribution in [0, 0.1) is 10.1 Å². The van der Waals surface area contributed by atoms with Gasteiger partial charge in [-0.1, -0.05) is 28.3 Å². The van der Waals surface area contributed by atoms with E-state index in [9.17, 15) is 14.9 Å². The molecule has 10 heteroatoms. The van der Waals surface area contributed by atoms with E-state index in [-0.39, 0.29) is 28.2 Å². The zero-order valence-electron chi connectivity index (χ0n) is 12.3. The number of carbonyl (C=O) groups is 1. The van der Waals surface area contributed by atoms with E-state index in [4.69, 9.17) is 27.6 Å². The van der Waals surface area contributed by atoms with Crippen molar-refractivity contribution in [2.24, 2.45) is 0 Å². The summed E-state index contributed by atoms with van der Waals surface area (Å²) < 4.78 is 5.33. The van der Waals surface area contributed by atoms with Crippen molar-refractivity contribution < 1.29 is 14.1 Å². The number of nitro benzene ring substituents is 1. The zero-order valence-corrected chi connectivity index (χ0v) is 13.8. The number of nitro groups is 1. The maximum Gasteiger partial charge on any atom is 0.322 e. The molecule has 0 radical (unpaired) electrons. The first-order valence-electron chi connectivity index (χ1n) is 6.79. The third kappa shape index (κ3) is 3.76. The molecule has 0 saturated carbocycles. The summed E-state index contributed by atoms with van der Waals surface area (Å²) in [7, 11) is 0. The molecule has 0 aliphatic rings. The summed E-state index contributed by atoms with van der Waals surface area (Å²) in [6.07, 6.45) is 0. The third-order valence-electron chi connectivity index (χ3n) is 3.14. The van der Waals surface area contributed by atoms with Crippen molar-refractivity contribution >= 4 is 40.8 Å². The van der Waals surface area contributed by atoms with Crippen molar-refractivity contribution in [2.45, 2.75) is 0 Å². The topological polar surface area (TPSA) is 111 Å². The number of benzene rings is 2. The van der Waals surface area contributed by atoms with Gasteiger partial charge in [-0.15, -0.1) is 5.10 Å². The molecule has 0 spiro atoms. The van der Waals surface area contributed by atoms with Gasteiger partial charge in [-0.05, 0) is 36.4 Å². The fourth-order valence-corrected chi connectivity index (χ4v) is 2.29. The summed E-state index contributed by atoms with van der Waals surface area (Å²) in [5, 5.41) is 21.6. The van der Waals surface area contributed by atoms with Gasteiger partial charge < -0.3 is 4.42 Å². The molecule has 1 aromatic heterocycles. The van der Waals surface area contributed by atoms with Crippen LogP contribution in [0.2, 0.25) is 10.0 Å². The molecule has 0 saturated heterocycles. The first-order chi connectivity index (χ1) is 11.9. The van der Waals surface area contributed by atoms with E-state index in [1.807, 2.05) is 0 Å². The molecule has 1 N–H and O–H groups in total. The number of nitrogens with one attached hydrogen (secondary N) is 1. The molecule has 2 aromatic carbocycles. The number of hydrogen-bond donors (Lipinski definition) is 1. The Morgan fingerprint density at radius 1 is 1.08 bits per heavy atom. The minimum Gasteiger partial charge on any atom is -0.403 e. The molecule has 25 heavy (non-hydrogen) atoms. The van der Waals surface area contributed by atoms with Crippen molar-refractivity contribution in [1.29, 1.82) is 0 Å². The second-order valence-corrected chi connectivity index (χ2v) is 5.66. The highest BCUT2D eigenvalue weighted by molar-refractivity contribution is 6.31. The summed E-state index contributed by atoms with van der Waals surface area (Å²) in [4.78, 5) is 22.6. The lowest BCUT2D eigenvalue weighted by Crippen LogP contribution is -2.14. The van der Waals surface area contributed by atoms with Gasteiger partial charge in [-0.2, -0.15) is 0 Å². The number of nitrogens with zero attached hydrogens (tertiary/aromatic N) is 3. The van der Waals surface area contributed by atoms with Gasteiger partial charge in [0.1, 0.15) is 5.56 Å². The van der Waals surface area contributed by atoms with Gasteiger partial charge in [0.15, 0.2) is 0 Å². The van der Waals surface area contributed by atoms with E-state index >= 15 is 0 Å². The average molecular weight is 379 g/mol. The molecule has 0 atom stereocenters. The Kier molecular flexibility index (Phi) is 4.64. The van der Waals surface area contributed by atoms with Crippen molar-refractivity contribution in [1.82, 2.24) is 10.2 Å². The summed E-state index contributed by atoms with van der Waals surface area (Å²) in [5.41, 5.74) is -0.00535. The Balaban J connectivity index is 1.84. The maximum absolute atomic E-state index is 12.3. The van der Waals surface area contributed by atoms with Crippen LogP contribution >= 0.6 is 23.2 Å². The van der Waals surface area contributed by atoms with E-state index in [2.05, 4.69) is 15.5 Å². The molecule has 1 amide bonds. The SMILES string of the molecule is O=C(Nc1nnc(-c2ccc(Cl)cc2)o1)c1cc(Cl)ccc1[N+](=O)[O-]. The van der Waals surface area contributed by atoms with E-state index in [1.54, 1.807) is 24.3 Å². The van der Waals surface area contributed by atoms with Crippen LogP contribution in [-0.4, -0.2) is 21.0 Å². The van der Waals surface area contributed by atoms with Crippen LogP contribution in [0.4, 0.5) is 11.7 Å². The summed E-state index contributed by atoms with van der Waals surface area (Å²) in [5.74, 6) is -0.631. The summed E-state index contributed by atoms with van der Waals surface area (Å²) in [6.45, 7) is 0. The van der Waals surface area contributed by atoms with Crippen molar-refractivity contribution in [3.8, 4) is 11.5 Å². The van der Waals surface area contributed by atoms with Gasteiger partial charge in [0.2, 0.25) is 5.89 Å². The number of halogens is 2. The number of carbonyl (C=O) groups excluding carboxylic acids is 1. The van der Waals surface area contributed by atoms with Gasteiger partial charge in [-0.25, -0.2) is 0 Å². The first-order valence-corrected chi connectivity index (χ1v) is 7.54. The fraction of sp³-hybridized carbons (Fsp3) is 0. The maximum atomic E-state index is 12.3. The molecular weight excluding hydrogens is 371 g/mol. The number of hydrogen-bond acceptors (Lipinski definition) is 6. The van der Waals surface area contributed by atoms with Crippen LogP contribution in [0.5, 0.6) is 0 Å². The Labute approximate surface area is 150 Å². The van der Waals surface area contributed by atoms with E-state index in [0.29, 0.717) is 10.6 Å². The Morgan fingerprint density at radius 3 is 2.44 bits per heavy atom. The van der Waals surface area contributed by atoms with Crippen LogP contribution in [0.25, 0.3) is 11.5 Å². The van der Waals surface area contributed by atoms with Crippen LogP contribution in [0.15, 0.2) is 46.9 Å². The normalized spacial score (nSPS) is 10.5. The summed E-state index contributed by atoms with van der Waals surface area (Å²) in [6, 6.07) is 10.1. The Hall–Kier alpha value is -2.97. The first kappa shape index (κ1) is 16.9. The van der Waals surface area contributed by atoms with Crippen LogP contribution in [0.3, 0.4) is 0 Å². The van der Waals surface area contributed by atoms with Gasteiger partial charge in [0.25, 0.3) is 11.6 Å². The molecule has 126 valence electrons. The van der Waals surface area contributed by atoms with Gasteiger partial charge in [0, 0.05) is 21.7 Å². The van der Waals surface area contributed by atoms with Gasteiger partial charge in [-0.3, -0.25) is 20.2 Å². The third-order valence-corrected chi connectivity index (χ3v) is 3.62. The van der Waals surface area contributed by atoms with Gasteiger partial charge in [0.05, 0.1) is 4.92 Å². The van der Waals surface area contributed by atoms with Crippen molar-refractivity contribution in [3.63, 3.8) is 0 Å². The van der Waals surface area contributed by atoms with E-state index in [0.717, 1.165) is 6.07 Å². The number of amides is 1. The lowest BCUT2D eigenvalue weighted by atomic mass is 10.1. The minimum atomic E-state index is -0.791. The highest BCUT2D eigenvalue weighted by Crippen LogP contribution is 2.25. The fourth-order valence-electron chi connectivity index (χ4n) is 2.00. The molecule has 0 bridgehead atoms. The standard InChI is InChI=1S/C15H8Cl2N4O4/c16-9-3-1-8(2-4-9)14-19-20-15(25-14)18-13(22)11-7-10(17)5-6-12(11)21(23)24/h1-7H,(H,18,20,22). The smallest absolute Gasteiger partial charge is 0.322 e. The second-order valence-electron chi connectivity index (χ2n) is 4.79. The number of aromatic nitrogens is 2. The molecule has 3 rings (SSSR count). The quantitative estimate of drug-likeness (QED) is 0.537. The second kappa shape index (κ2) is 6.88. The van der Waals surface area contributed by atoms with E-state index < -0.39 is 10.8 Å². The van der Waals surface area contributed by atoms with E-state index in [1.165, 1.54) is 12.1 Å². The molecule has 0 fully saturated rings. The number of anilines is 1.